The van der Waals surface area contributed by atoms with Crippen molar-refractivity contribution in [3.63, 3.8) is 0 Å². The second kappa shape index (κ2) is 5.56. The number of carboxylic acids is 1. The average molecular weight is 317 g/mol. The topological polar surface area (TPSA) is 79.3 Å². The Morgan fingerprint density at radius 1 is 1.32 bits per heavy atom. The Bertz CT molecular complexity index is 657. The summed E-state index contributed by atoms with van der Waals surface area (Å²) in [5.41, 5.74) is 0.209. The number of halogens is 2. The summed E-state index contributed by atoms with van der Waals surface area (Å²) in [5, 5.41) is 13.3. The summed E-state index contributed by atoms with van der Waals surface area (Å²) in [6, 6.07) is 4.62. The number of amides is 1. The first kappa shape index (κ1) is 13.8. The molecule has 0 fully saturated rings. The average Bonchev–Trinajstić information content (AvgIpc) is 2.82. The standard InChI is InChI=1S/C11H6Cl2N2O3S/c12-5-1-2-7(6(13)3-5)14-9(16)10-15-8(4-19-10)11(17)18/h1-4H,(H,14,16)(H,17,18). The molecule has 0 aliphatic rings. The Morgan fingerprint density at radius 3 is 2.63 bits per heavy atom. The third-order valence-electron chi connectivity index (χ3n) is 2.10. The van der Waals surface area contributed by atoms with Crippen LogP contribution in [0, 0.1) is 0 Å². The molecular formula is C11H6Cl2N2O3S. The van der Waals surface area contributed by atoms with E-state index in [1.807, 2.05) is 0 Å². The van der Waals surface area contributed by atoms with Gasteiger partial charge in [0, 0.05) is 10.4 Å². The van der Waals surface area contributed by atoms with Crippen molar-refractivity contribution in [1.82, 2.24) is 4.98 Å². The van der Waals surface area contributed by atoms with Crippen LogP contribution in [0.5, 0.6) is 0 Å². The van der Waals surface area contributed by atoms with Crippen LogP contribution in [0.3, 0.4) is 0 Å². The highest BCUT2D eigenvalue weighted by Gasteiger charge is 2.15. The number of nitrogens with zero attached hydrogens (tertiary/aromatic N) is 1. The van der Waals surface area contributed by atoms with E-state index in [2.05, 4.69) is 10.3 Å². The van der Waals surface area contributed by atoms with E-state index in [0.29, 0.717) is 10.7 Å². The number of carboxylic acid groups (broad SMARTS) is 1. The molecule has 2 rings (SSSR count). The molecule has 0 bridgehead atoms. The lowest BCUT2D eigenvalue weighted by Gasteiger charge is -2.05. The van der Waals surface area contributed by atoms with Crippen LogP contribution in [-0.2, 0) is 0 Å². The zero-order chi connectivity index (χ0) is 14.0. The van der Waals surface area contributed by atoms with Crippen molar-refractivity contribution in [2.24, 2.45) is 0 Å². The number of nitrogens with one attached hydrogen (secondary N) is 1. The van der Waals surface area contributed by atoms with Crippen molar-refractivity contribution in [1.29, 1.82) is 0 Å². The molecule has 1 aromatic heterocycles. The number of hydrogen-bond acceptors (Lipinski definition) is 4. The quantitative estimate of drug-likeness (QED) is 0.909. The van der Waals surface area contributed by atoms with Crippen molar-refractivity contribution < 1.29 is 14.7 Å². The number of thiazole rings is 1. The summed E-state index contributed by atoms with van der Waals surface area (Å²) in [6.45, 7) is 0. The van der Waals surface area contributed by atoms with Gasteiger partial charge in [0.05, 0.1) is 10.7 Å². The molecule has 0 saturated carbocycles. The first-order chi connectivity index (χ1) is 8.97. The molecule has 1 aromatic carbocycles. The fraction of sp³-hybridized carbons (Fsp3) is 0. The first-order valence-corrected chi connectivity index (χ1v) is 6.56. The zero-order valence-electron chi connectivity index (χ0n) is 9.18. The summed E-state index contributed by atoms with van der Waals surface area (Å²) in [6.07, 6.45) is 0. The molecule has 0 aliphatic carbocycles. The molecule has 0 saturated heterocycles. The predicted molar refractivity (Wildman–Crippen MR) is 73.5 cm³/mol. The number of hydrogen-bond donors (Lipinski definition) is 2. The third-order valence-corrected chi connectivity index (χ3v) is 3.49. The van der Waals surface area contributed by atoms with Crippen molar-refractivity contribution >= 4 is 52.1 Å². The van der Waals surface area contributed by atoms with Crippen LogP contribution >= 0.6 is 34.5 Å². The fourth-order valence-electron chi connectivity index (χ4n) is 1.24. The number of carbonyl (C=O) groups is 2. The number of aromatic carboxylic acids is 1. The Kier molecular flexibility index (Phi) is 4.04. The monoisotopic (exact) mass is 316 g/mol. The van der Waals surface area contributed by atoms with Gasteiger partial charge in [-0.15, -0.1) is 11.3 Å². The number of carbonyl (C=O) groups excluding carboxylic acids is 1. The Labute approximate surface area is 121 Å². The molecule has 8 heteroatoms. The molecule has 1 heterocycles. The molecule has 98 valence electrons. The van der Waals surface area contributed by atoms with E-state index in [1.165, 1.54) is 11.4 Å². The lowest BCUT2D eigenvalue weighted by atomic mass is 10.3. The maximum Gasteiger partial charge on any atom is 0.355 e. The molecule has 2 aromatic rings. The fourth-order valence-corrected chi connectivity index (χ4v) is 2.38. The Balaban J connectivity index is 2.18. The van der Waals surface area contributed by atoms with E-state index in [0.717, 1.165) is 11.3 Å². The highest BCUT2D eigenvalue weighted by atomic mass is 35.5. The van der Waals surface area contributed by atoms with Crippen molar-refractivity contribution in [2.45, 2.75) is 0 Å². The van der Waals surface area contributed by atoms with Gasteiger partial charge in [0.25, 0.3) is 5.91 Å². The van der Waals surface area contributed by atoms with Gasteiger partial charge in [0.2, 0.25) is 0 Å². The summed E-state index contributed by atoms with van der Waals surface area (Å²) in [4.78, 5) is 26.2. The molecule has 0 aliphatic heterocycles. The number of benzene rings is 1. The minimum Gasteiger partial charge on any atom is -0.476 e. The van der Waals surface area contributed by atoms with Gasteiger partial charge in [-0.1, -0.05) is 23.2 Å². The molecule has 0 unspecified atom stereocenters. The van der Waals surface area contributed by atoms with Gasteiger partial charge in [-0.2, -0.15) is 0 Å². The predicted octanol–water partition coefficient (Wildman–Crippen LogP) is 3.40. The van der Waals surface area contributed by atoms with Crippen molar-refractivity contribution in [2.75, 3.05) is 5.32 Å². The van der Waals surface area contributed by atoms with E-state index in [1.54, 1.807) is 12.1 Å². The molecule has 0 spiro atoms. The summed E-state index contributed by atoms with van der Waals surface area (Å²) < 4.78 is 0. The minimum absolute atomic E-state index is 0.0448. The summed E-state index contributed by atoms with van der Waals surface area (Å²) >= 11 is 12.6. The van der Waals surface area contributed by atoms with Crippen LogP contribution in [0.2, 0.25) is 10.0 Å². The number of anilines is 1. The zero-order valence-corrected chi connectivity index (χ0v) is 11.5. The van der Waals surface area contributed by atoms with Gasteiger partial charge < -0.3 is 10.4 Å². The largest absolute Gasteiger partial charge is 0.476 e. The molecule has 2 N–H and O–H groups in total. The molecule has 1 amide bonds. The molecule has 0 atom stereocenters. The Hall–Kier alpha value is -1.63. The second-order valence-corrected chi connectivity index (χ2v) is 5.12. The van der Waals surface area contributed by atoms with Crippen molar-refractivity contribution in [3.8, 4) is 0 Å². The molecule has 5 nitrogen and oxygen atoms in total. The molecular weight excluding hydrogens is 311 g/mol. The normalized spacial score (nSPS) is 10.2. The van der Waals surface area contributed by atoms with Crippen LogP contribution in [0.1, 0.15) is 20.3 Å². The van der Waals surface area contributed by atoms with E-state index in [4.69, 9.17) is 28.3 Å². The third kappa shape index (κ3) is 3.23. The van der Waals surface area contributed by atoms with Crippen LogP contribution in [-0.4, -0.2) is 22.0 Å². The van der Waals surface area contributed by atoms with E-state index in [9.17, 15) is 9.59 Å². The van der Waals surface area contributed by atoms with Gasteiger partial charge in [-0.05, 0) is 18.2 Å². The summed E-state index contributed by atoms with van der Waals surface area (Å²) in [7, 11) is 0. The molecule has 0 radical (unpaired) electrons. The number of rotatable bonds is 3. The van der Waals surface area contributed by atoms with Gasteiger partial charge in [-0.3, -0.25) is 4.79 Å². The van der Waals surface area contributed by atoms with Crippen molar-refractivity contribution in [3.05, 3.63) is 44.3 Å². The van der Waals surface area contributed by atoms with E-state index < -0.39 is 11.9 Å². The smallest absolute Gasteiger partial charge is 0.355 e. The Morgan fingerprint density at radius 2 is 2.05 bits per heavy atom. The highest BCUT2D eigenvalue weighted by molar-refractivity contribution is 7.12. The van der Waals surface area contributed by atoms with Crippen LogP contribution in [0.4, 0.5) is 5.69 Å². The lowest BCUT2D eigenvalue weighted by Crippen LogP contribution is -2.12. The number of aromatic nitrogens is 1. The highest BCUT2D eigenvalue weighted by Crippen LogP contribution is 2.26. The lowest BCUT2D eigenvalue weighted by molar-refractivity contribution is 0.0691. The SMILES string of the molecule is O=C(O)c1csc(C(=O)Nc2ccc(Cl)cc2Cl)n1. The first-order valence-electron chi connectivity index (χ1n) is 4.92. The van der Waals surface area contributed by atoms with Crippen LogP contribution in [0.15, 0.2) is 23.6 Å². The van der Waals surface area contributed by atoms with Crippen LogP contribution in [0.25, 0.3) is 0 Å². The maximum atomic E-state index is 11.8. The van der Waals surface area contributed by atoms with Gasteiger partial charge >= 0.3 is 5.97 Å². The van der Waals surface area contributed by atoms with E-state index >= 15 is 0 Å². The summed E-state index contributed by atoms with van der Waals surface area (Å²) in [5.74, 6) is -1.71. The van der Waals surface area contributed by atoms with E-state index in [-0.39, 0.29) is 15.7 Å². The molecule has 19 heavy (non-hydrogen) atoms. The van der Waals surface area contributed by atoms with Gasteiger partial charge in [0.1, 0.15) is 0 Å². The van der Waals surface area contributed by atoms with Gasteiger partial charge in [-0.25, -0.2) is 9.78 Å². The van der Waals surface area contributed by atoms with Crippen LogP contribution < -0.4 is 5.32 Å². The maximum absolute atomic E-state index is 11.8. The minimum atomic E-state index is -1.18. The van der Waals surface area contributed by atoms with Gasteiger partial charge in [0.15, 0.2) is 10.7 Å². The second-order valence-electron chi connectivity index (χ2n) is 3.42.